The lowest BCUT2D eigenvalue weighted by Crippen LogP contribution is -2.28. The van der Waals surface area contributed by atoms with E-state index in [2.05, 4.69) is 0 Å². The molecule has 0 aromatic heterocycles. The normalized spacial score (nSPS) is 18.1. The Bertz CT molecular complexity index is 727. The largest absolute Gasteiger partial charge is 0.295 e. The number of halogens is 2. The fourth-order valence-electron chi connectivity index (χ4n) is 2.71. The summed E-state index contributed by atoms with van der Waals surface area (Å²) in [5.41, 5.74) is 3.50. The van der Waals surface area contributed by atoms with Crippen LogP contribution in [-0.2, 0) is 4.79 Å². The van der Waals surface area contributed by atoms with Gasteiger partial charge < -0.3 is 0 Å². The summed E-state index contributed by atoms with van der Waals surface area (Å²) in [6.07, 6.45) is 0. The quantitative estimate of drug-likeness (QED) is 0.820. The van der Waals surface area contributed by atoms with Crippen LogP contribution in [0.25, 0.3) is 0 Å². The van der Waals surface area contributed by atoms with Crippen LogP contribution in [0.2, 0.25) is 0 Å². The van der Waals surface area contributed by atoms with E-state index in [4.69, 9.17) is 0 Å². The van der Waals surface area contributed by atoms with Gasteiger partial charge in [0.05, 0.1) is 5.75 Å². The molecule has 1 unspecified atom stereocenters. The van der Waals surface area contributed by atoms with E-state index in [0.29, 0.717) is 11.3 Å². The molecule has 0 spiro atoms. The molecule has 0 bridgehead atoms. The van der Waals surface area contributed by atoms with Crippen molar-refractivity contribution < 1.29 is 13.6 Å². The number of hydrogen-bond donors (Lipinski definition) is 0. The van der Waals surface area contributed by atoms with Crippen molar-refractivity contribution in [3.63, 3.8) is 0 Å². The molecule has 1 saturated heterocycles. The van der Waals surface area contributed by atoms with E-state index < -0.39 is 11.6 Å². The van der Waals surface area contributed by atoms with Crippen LogP contribution in [0.4, 0.5) is 14.5 Å². The van der Waals surface area contributed by atoms with Gasteiger partial charge in [0.1, 0.15) is 5.37 Å². The van der Waals surface area contributed by atoms with Crippen LogP contribution in [-0.4, -0.2) is 11.7 Å². The molecule has 0 N–H and O–H groups in total. The molecular weight excluding hydrogens is 304 g/mol. The molecule has 3 rings (SSSR count). The second kappa shape index (κ2) is 5.72. The Balaban J connectivity index is 2.03. The van der Waals surface area contributed by atoms with Crippen molar-refractivity contribution in [2.24, 2.45) is 0 Å². The van der Waals surface area contributed by atoms with Gasteiger partial charge in [-0.15, -0.1) is 11.8 Å². The Kier molecular flexibility index (Phi) is 3.91. The highest BCUT2D eigenvalue weighted by molar-refractivity contribution is 8.00. The lowest BCUT2D eigenvalue weighted by molar-refractivity contribution is -0.115. The second-order valence-electron chi connectivity index (χ2n) is 5.45. The molecule has 1 aliphatic rings. The summed E-state index contributed by atoms with van der Waals surface area (Å²) in [5, 5.41) is -0.330. The van der Waals surface area contributed by atoms with Gasteiger partial charge in [-0.2, -0.15) is 0 Å². The van der Waals surface area contributed by atoms with Crippen LogP contribution in [0.1, 0.15) is 22.1 Å². The van der Waals surface area contributed by atoms with Crippen molar-refractivity contribution in [3.05, 3.63) is 64.7 Å². The van der Waals surface area contributed by atoms with Gasteiger partial charge in [0.15, 0.2) is 11.6 Å². The van der Waals surface area contributed by atoms with Crippen molar-refractivity contribution >= 4 is 23.4 Å². The monoisotopic (exact) mass is 319 g/mol. The predicted molar refractivity (Wildman–Crippen MR) is 85.0 cm³/mol. The van der Waals surface area contributed by atoms with Crippen LogP contribution in [0.15, 0.2) is 36.4 Å². The summed E-state index contributed by atoms with van der Waals surface area (Å²) < 4.78 is 26.6. The summed E-state index contributed by atoms with van der Waals surface area (Å²) in [4.78, 5) is 13.9. The second-order valence-corrected chi connectivity index (χ2v) is 6.52. The van der Waals surface area contributed by atoms with E-state index in [9.17, 15) is 13.6 Å². The summed E-state index contributed by atoms with van der Waals surface area (Å²) in [5.74, 6) is -1.46. The maximum absolute atomic E-state index is 13.5. The van der Waals surface area contributed by atoms with E-state index >= 15 is 0 Å². The van der Waals surface area contributed by atoms with Gasteiger partial charge in [0, 0.05) is 5.69 Å². The zero-order valence-electron chi connectivity index (χ0n) is 12.3. The third-order valence-corrected chi connectivity index (χ3v) is 4.79. The molecule has 2 aromatic carbocycles. The molecule has 1 aliphatic heterocycles. The molecule has 0 saturated carbocycles. The number of nitrogens with zero attached hydrogens (tertiary/aromatic N) is 1. The number of benzene rings is 2. The van der Waals surface area contributed by atoms with Gasteiger partial charge in [-0.25, -0.2) is 8.78 Å². The molecule has 1 heterocycles. The Hall–Kier alpha value is -1.88. The first-order chi connectivity index (χ1) is 10.5. The van der Waals surface area contributed by atoms with Crippen molar-refractivity contribution in [2.45, 2.75) is 19.2 Å². The van der Waals surface area contributed by atoms with E-state index in [1.54, 1.807) is 4.90 Å². The number of rotatable bonds is 2. The third-order valence-electron chi connectivity index (χ3n) is 3.58. The minimum Gasteiger partial charge on any atom is -0.295 e. The topological polar surface area (TPSA) is 20.3 Å². The Morgan fingerprint density at radius 2 is 1.73 bits per heavy atom. The lowest BCUT2D eigenvalue weighted by Gasteiger charge is -2.25. The highest BCUT2D eigenvalue weighted by Crippen LogP contribution is 2.42. The van der Waals surface area contributed by atoms with Gasteiger partial charge in [-0.3, -0.25) is 9.69 Å². The average Bonchev–Trinajstić information content (AvgIpc) is 2.82. The van der Waals surface area contributed by atoms with E-state index in [1.807, 2.05) is 32.0 Å². The lowest BCUT2D eigenvalue weighted by atomic mass is 10.1. The summed E-state index contributed by atoms with van der Waals surface area (Å²) in [6.45, 7) is 3.94. The number of hydrogen-bond acceptors (Lipinski definition) is 2. The maximum atomic E-state index is 13.5. The molecular formula is C17H15F2NOS. The third kappa shape index (κ3) is 2.73. The molecule has 5 heteroatoms. The molecule has 1 atom stereocenters. The van der Waals surface area contributed by atoms with Crippen LogP contribution in [0.5, 0.6) is 0 Å². The zero-order chi connectivity index (χ0) is 15.9. The molecule has 0 aliphatic carbocycles. The zero-order valence-corrected chi connectivity index (χ0v) is 13.1. The molecule has 0 radical (unpaired) electrons. The summed E-state index contributed by atoms with van der Waals surface area (Å²) in [6, 6.07) is 9.70. The maximum Gasteiger partial charge on any atom is 0.238 e. The number of aryl methyl sites for hydroxylation is 2. The smallest absolute Gasteiger partial charge is 0.238 e. The highest BCUT2D eigenvalue weighted by Gasteiger charge is 2.34. The van der Waals surface area contributed by atoms with Gasteiger partial charge in [0.25, 0.3) is 0 Å². The van der Waals surface area contributed by atoms with Crippen molar-refractivity contribution in [1.29, 1.82) is 0 Å². The molecule has 1 fully saturated rings. The van der Waals surface area contributed by atoms with Gasteiger partial charge in [-0.05, 0) is 54.8 Å². The number of amides is 1. The number of thioether (sulfide) groups is 1. The van der Waals surface area contributed by atoms with Crippen LogP contribution in [0.3, 0.4) is 0 Å². The number of anilines is 1. The minimum absolute atomic E-state index is 0.0234. The Morgan fingerprint density at radius 3 is 2.36 bits per heavy atom. The number of carbonyl (C=O) groups excluding carboxylic acids is 1. The average molecular weight is 319 g/mol. The first-order valence-corrected chi connectivity index (χ1v) is 7.97. The molecule has 2 nitrogen and oxygen atoms in total. The van der Waals surface area contributed by atoms with E-state index in [1.165, 1.54) is 23.9 Å². The summed E-state index contributed by atoms with van der Waals surface area (Å²) in [7, 11) is 0. The van der Waals surface area contributed by atoms with Crippen molar-refractivity contribution in [3.8, 4) is 0 Å². The molecule has 22 heavy (non-hydrogen) atoms. The standard InChI is InChI=1S/C17H15F2NOS/c1-10-5-11(2)7-13(6-10)20-16(21)9-22-17(20)12-3-4-14(18)15(19)8-12/h3-8,17H,9H2,1-2H3. The first kappa shape index (κ1) is 15.0. The number of carbonyl (C=O) groups is 1. The molecule has 114 valence electrons. The predicted octanol–water partition coefficient (Wildman–Crippen LogP) is 4.36. The molecule has 1 amide bonds. The van der Waals surface area contributed by atoms with E-state index in [0.717, 1.165) is 22.9 Å². The summed E-state index contributed by atoms with van der Waals surface area (Å²) >= 11 is 1.42. The van der Waals surface area contributed by atoms with Crippen molar-refractivity contribution in [2.75, 3.05) is 10.7 Å². The molecule has 2 aromatic rings. The SMILES string of the molecule is Cc1cc(C)cc(N2C(=O)CSC2c2ccc(F)c(F)c2)c1. The Labute approximate surface area is 132 Å². The Morgan fingerprint density at radius 1 is 1.05 bits per heavy atom. The van der Waals surface area contributed by atoms with Gasteiger partial charge in [-0.1, -0.05) is 12.1 Å². The van der Waals surface area contributed by atoms with E-state index in [-0.39, 0.29) is 11.3 Å². The highest BCUT2D eigenvalue weighted by atomic mass is 32.2. The van der Waals surface area contributed by atoms with Gasteiger partial charge >= 0.3 is 0 Å². The van der Waals surface area contributed by atoms with Crippen LogP contribution in [0, 0.1) is 25.5 Å². The van der Waals surface area contributed by atoms with Crippen LogP contribution < -0.4 is 4.90 Å². The van der Waals surface area contributed by atoms with Crippen LogP contribution >= 0.6 is 11.8 Å². The fourth-order valence-corrected chi connectivity index (χ4v) is 3.87. The van der Waals surface area contributed by atoms with Crippen molar-refractivity contribution in [1.82, 2.24) is 0 Å². The first-order valence-electron chi connectivity index (χ1n) is 6.92. The fraction of sp³-hybridized carbons (Fsp3) is 0.235. The minimum atomic E-state index is -0.891. The van der Waals surface area contributed by atoms with Gasteiger partial charge in [0.2, 0.25) is 5.91 Å².